The van der Waals surface area contributed by atoms with Gasteiger partial charge in [0, 0.05) is 17.5 Å². The summed E-state index contributed by atoms with van der Waals surface area (Å²) in [5, 5.41) is 3.00. The Balaban J connectivity index is 1.62. The zero-order valence-electron chi connectivity index (χ0n) is 15.7. The van der Waals surface area contributed by atoms with Crippen molar-refractivity contribution in [1.29, 1.82) is 0 Å². The van der Waals surface area contributed by atoms with Gasteiger partial charge in [0.15, 0.2) is 5.78 Å². The lowest BCUT2D eigenvalue weighted by molar-refractivity contribution is 0.0885. The number of anilines is 1. The molecule has 0 saturated heterocycles. The van der Waals surface area contributed by atoms with E-state index < -0.39 is 0 Å². The van der Waals surface area contributed by atoms with E-state index in [0.717, 1.165) is 49.8 Å². The highest BCUT2D eigenvalue weighted by atomic mass is 16.1. The molecule has 0 unspecified atom stereocenters. The third-order valence-electron chi connectivity index (χ3n) is 5.66. The van der Waals surface area contributed by atoms with E-state index in [-0.39, 0.29) is 17.6 Å². The normalized spacial score (nSPS) is 17.7. The number of nitrogens with one attached hydrogen (secondary N) is 1. The Morgan fingerprint density at radius 2 is 1.89 bits per heavy atom. The van der Waals surface area contributed by atoms with Crippen LogP contribution in [-0.2, 0) is 0 Å². The van der Waals surface area contributed by atoms with Crippen LogP contribution in [0.2, 0.25) is 0 Å². The number of benzene rings is 1. The van der Waals surface area contributed by atoms with Gasteiger partial charge in [0.1, 0.15) is 17.8 Å². The number of hydrogen-bond donors (Lipinski definition) is 2. The SMILES string of the molecule is Cc1ccc(C(=O)NC2CC2)cc1-n1cnc(C(=O)C2CCCCC2)c1N. The lowest BCUT2D eigenvalue weighted by Crippen LogP contribution is -2.25. The summed E-state index contributed by atoms with van der Waals surface area (Å²) in [6.45, 7) is 1.96. The van der Waals surface area contributed by atoms with Gasteiger partial charge in [-0.25, -0.2) is 4.98 Å². The molecular weight excluding hydrogens is 340 g/mol. The molecule has 1 amide bonds. The highest BCUT2D eigenvalue weighted by Gasteiger charge is 2.27. The van der Waals surface area contributed by atoms with Crippen molar-refractivity contribution in [2.45, 2.75) is 57.9 Å². The molecule has 2 aromatic rings. The summed E-state index contributed by atoms with van der Waals surface area (Å²) in [5.74, 6) is 0.358. The number of aryl methyl sites for hydroxylation is 1. The summed E-state index contributed by atoms with van der Waals surface area (Å²) >= 11 is 0. The average molecular weight is 366 g/mol. The van der Waals surface area contributed by atoms with Crippen molar-refractivity contribution in [2.24, 2.45) is 5.92 Å². The molecule has 0 atom stereocenters. The quantitative estimate of drug-likeness (QED) is 0.794. The third-order valence-corrected chi connectivity index (χ3v) is 5.66. The van der Waals surface area contributed by atoms with Crippen LogP contribution in [0.4, 0.5) is 5.82 Å². The van der Waals surface area contributed by atoms with E-state index in [4.69, 9.17) is 5.73 Å². The number of hydrogen-bond acceptors (Lipinski definition) is 4. The number of amides is 1. The largest absolute Gasteiger partial charge is 0.383 e. The molecule has 4 rings (SSSR count). The van der Waals surface area contributed by atoms with E-state index in [1.54, 1.807) is 10.9 Å². The van der Waals surface area contributed by atoms with E-state index in [1.807, 2.05) is 25.1 Å². The number of nitrogen functional groups attached to an aromatic ring is 1. The Bertz CT molecular complexity index is 876. The number of carbonyl (C=O) groups excluding carboxylic acids is 2. The lowest BCUT2D eigenvalue weighted by Gasteiger charge is -2.19. The fourth-order valence-electron chi connectivity index (χ4n) is 3.80. The Hall–Kier alpha value is -2.63. The molecule has 6 nitrogen and oxygen atoms in total. The van der Waals surface area contributed by atoms with Gasteiger partial charge in [-0.2, -0.15) is 0 Å². The number of aromatic nitrogens is 2. The number of imidazole rings is 1. The zero-order chi connectivity index (χ0) is 19.0. The minimum Gasteiger partial charge on any atom is -0.383 e. The van der Waals surface area contributed by atoms with E-state index in [2.05, 4.69) is 10.3 Å². The molecule has 6 heteroatoms. The molecule has 2 fully saturated rings. The van der Waals surface area contributed by atoms with Crippen LogP contribution in [0.1, 0.15) is 71.4 Å². The Morgan fingerprint density at radius 1 is 1.15 bits per heavy atom. The van der Waals surface area contributed by atoms with E-state index in [0.29, 0.717) is 23.1 Å². The van der Waals surface area contributed by atoms with Crippen molar-refractivity contribution in [3.63, 3.8) is 0 Å². The van der Waals surface area contributed by atoms with E-state index >= 15 is 0 Å². The first-order chi connectivity index (χ1) is 13.0. The van der Waals surface area contributed by atoms with Gasteiger partial charge in [0.05, 0.1) is 5.69 Å². The first kappa shape index (κ1) is 17.8. The maximum Gasteiger partial charge on any atom is 0.251 e. The second-order valence-electron chi connectivity index (χ2n) is 7.80. The minimum atomic E-state index is -0.0732. The second kappa shape index (κ2) is 7.18. The fraction of sp³-hybridized carbons (Fsp3) is 0.476. The van der Waals surface area contributed by atoms with Gasteiger partial charge in [-0.3, -0.25) is 14.2 Å². The summed E-state index contributed by atoms with van der Waals surface area (Å²) in [6.07, 6.45) is 8.90. The average Bonchev–Trinajstić information content (AvgIpc) is 3.42. The Morgan fingerprint density at radius 3 is 2.59 bits per heavy atom. The van der Waals surface area contributed by atoms with Crippen molar-refractivity contribution in [1.82, 2.24) is 14.9 Å². The number of ketones is 1. The zero-order valence-corrected chi connectivity index (χ0v) is 15.7. The number of nitrogens with two attached hydrogens (primary N) is 1. The summed E-state index contributed by atoms with van der Waals surface area (Å²) in [4.78, 5) is 29.5. The van der Waals surface area contributed by atoms with Crippen LogP contribution in [-0.4, -0.2) is 27.3 Å². The fourth-order valence-corrected chi connectivity index (χ4v) is 3.80. The molecule has 1 aromatic carbocycles. The van der Waals surface area contributed by atoms with Crippen LogP contribution < -0.4 is 11.1 Å². The number of carbonyl (C=O) groups is 2. The molecular formula is C21H26N4O2. The predicted octanol–water partition coefficient (Wildman–Crippen LogP) is 3.42. The van der Waals surface area contributed by atoms with Crippen molar-refractivity contribution >= 4 is 17.5 Å². The van der Waals surface area contributed by atoms with Gasteiger partial charge in [-0.15, -0.1) is 0 Å². The number of nitrogens with zero attached hydrogens (tertiary/aromatic N) is 2. The molecule has 3 N–H and O–H groups in total. The summed E-state index contributed by atoms with van der Waals surface area (Å²) < 4.78 is 1.72. The van der Waals surface area contributed by atoms with Gasteiger partial charge in [-0.05, 0) is 50.3 Å². The van der Waals surface area contributed by atoms with Crippen LogP contribution in [0.25, 0.3) is 5.69 Å². The van der Waals surface area contributed by atoms with Crippen LogP contribution in [0, 0.1) is 12.8 Å². The maximum atomic E-state index is 12.8. The van der Waals surface area contributed by atoms with Crippen molar-refractivity contribution in [3.8, 4) is 5.69 Å². The highest BCUT2D eigenvalue weighted by Crippen LogP contribution is 2.29. The van der Waals surface area contributed by atoms with Crippen molar-refractivity contribution in [2.75, 3.05) is 5.73 Å². The Labute approximate surface area is 159 Å². The molecule has 1 aromatic heterocycles. The minimum absolute atomic E-state index is 0.0288. The van der Waals surface area contributed by atoms with Crippen LogP contribution in [0.15, 0.2) is 24.5 Å². The van der Waals surface area contributed by atoms with Gasteiger partial charge in [0.25, 0.3) is 5.91 Å². The molecule has 2 aliphatic rings. The monoisotopic (exact) mass is 366 g/mol. The molecule has 0 aliphatic heterocycles. The van der Waals surface area contributed by atoms with E-state index in [9.17, 15) is 9.59 Å². The summed E-state index contributed by atoms with van der Waals surface area (Å²) in [6, 6.07) is 5.84. The first-order valence-electron chi connectivity index (χ1n) is 9.83. The molecule has 2 saturated carbocycles. The first-order valence-corrected chi connectivity index (χ1v) is 9.83. The predicted molar refractivity (Wildman–Crippen MR) is 104 cm³/mol. The Kier molecular flexibility index (Phi) is 4.72. The maximum absolute atomic E-state index is 12.8. The third kappa shape index (κ3) is 3.61. The lowest BCUT2D eigenvalue weighted by atomic mass is 9.85. The molecule has 1 heterocycles. The van der Waals surface area contributed by atoms with Crippen LogP contribution >= 0.6 is 0 Å². The van der Waals surface area contributed by atoms with Crippen LogP contribution in [0.3, 0.4) is 0 Å². The van der Waals surface area contributed by atoms with Crippen molar-refractivity contribution in [3.05, 3.63) is 41.3 Å². The summed E-state index contributed by atoms with van der Waals surface area (Å²) in [5.41, 5.74) is 9.01. The van der Waals surface area contributed by atoms with Gasteiger partial charge in [-0.1, -0.05) is 25.3 Å². The standard InChI is InChI=1S/C21H26N4O2/c1-13-7-8-15(21(27)24-16-9-10-16)11-17(13)25-12-23-18(20(25)22)19(26)14-5-3-2-4-6-14/h7-8,11-12,14,16H,2-6,9-10,22H2,1H3,(H,24,27). The molecule has 2 aliphatic carbocycles. The molecule has 0 bridgehead atoms. The second-order valence-corrected chi connectivity index (χ2v) is 7.80. The summed E-state index contributed by atoms with van der Waals surface area (Å²) in [7, 11) is 0. The molecule has 0 radical (unpaired) electrons. The smallest absolute Gasteiger partial charge is 0.251 e. The highest BCUT2D eigenvalue weighted by molar-refractivity contribution is 6.00. The molecule has 142 valence electrons. The number of Topliss-reactive ketones (excluding diaryl/α,β-unsaturated/α-hetero) is 1. The molecule has 27 heavy (non-hydrogen) atoms. The molecule has 0 spiro atoms. The van der Waals surface area contributed by atoms with Gasteiger partial charge in [0.2, 0.25) is 0 Å². The van der Waals surface area contributed by atoms with Gasteiger partial charge < -0.3 is 11.1 Å². The van der Waals surface area contributed by atoms with Crippen LogP contribution in [0.5, 0.6) is 0 Å². The number of rotatable bonds is 5. The topological polar surface area (TPSA) is 90.0 Å². The van der Waals surface area contributed by atoms with E-state index in [1.165, 1.54) is 6.42 Å². The van der Waals surface area contributed by atoms with Crippen molar-refractivity contribution < 1.29 is 9.59 Å². The van der Waals surface area contributed by atoms with Gasteiger partial charge >= 0.3 is 0 Å².